The molecule has 0 amide bonds. The van der Waals surface area contributed by atoms with Gasteiger partial charge in [-0.25, -0.2) is 0 Å². The van der Waals surface area contributed by atoms with Crippen LogP contribution in [0.3, 0.4) is 0 Å². The monoisotopic (exact) mass is 180 g/mol. The van der Waals surface area contributed by atoms with Gasteiger partial charge in [0.2, 0.25) is 0 Å². The fraction of sp³-hybridized carbons (Fsp3) is 0.846. The van der Waals surface area contributed by atoms with Crippen molar-refractivity contribution in [1.82, 2.24) is 0 Å². The molecule has 0 nitrogen and oxygen atoms in total. The van der Waals surface area contributed by atoms with Crippen LogP contribution in [0.2, 0.25) is 0 Å². The van der Waals surface area contributed by atoms with E-state index in [2.05, 4.69) is 26.8 Å². The maximum absolute atomic E-state index is 2.47. The first-order chi connectivity index (χ1) is 6.27. The Labute approximate surface area is 83.4 Å². The first-order valence-corrected chi connectivity index (χ1v) is 5.95. The maximum Gasteiger partial charge on any atom is -0.0283 e. The second kappa shape index (κ2) is 5.47. The van der Waals surface area contributed by atoms with Gasteiger partial charge < -0.3 is 0 Å². The summed E-state index contributed by atoms with van der Waals surface area (Å²) >= 11 is 0. The predicted molar refractivity (Wildman–Crippen MR) is 59.8 cm³/mol. The number of hydrogen-bond donors (Lipinski definition) is 0. The molecule has 1 aliphatic carbocycles. The minimum Gasteiger partial charge on any atom is -0.0853 e. The molecule has 0 saturated heterocycles. The average molecular weight is 180 g/mol. The number of hydrogen-bond acceptors (Lipinski definition) is 0. The molecule has 0 heteroatoms. The zero-order chi connectivity index (χ0) is 9.68. The fourth-order valence-electron chi connectivity index (χ4n) is 2.16. The molecule has 0 spiro atoms. The van der Waals surface area contributed by atoms with Crippen LogP contribution in [-0.4, -0.2) is 0 Å². The summed E-state index contributed by atoms with van der Waals surface area (Å²) in [5, 5.41) is 0. The molecule has 0 bridgehead atoms. The predicted octanol–water partition coefficient (Wildman–Crippen LogP) is 4.56. The van der Waals surface area contributed by atoms with E-state index in [0.717, 1.165) is 11.8 Å². The molecule has 1 atom stereocenters. The van der Waals surface area contributed by atoms with E-state index in [4.69, 9.17) is 0 Å². The Morgan fingerprint density at radius 1 is 1.23 bits per heavy atom. The van der Waals surface area contributed by atoms with Crippen molar-refractivity contribution in [3.8, 4) is 0 Å². The molecule has 0 aliphatic heterocycles. The molecule has 0 aromatic heterocycles. The molecule has 1 saturated carbocycles. The summed E-state index contributed by atoms with van der Waals surface area (Å²) in [4.78, 5) is 0. The lowest BCUT2D eigenvalue weighted by Crippen LogP contribution is -2.09. The first-order valence-electron chi connectivity index (χ1n) is 5.95. The molecule has 1 fully saturated rings. The van der Waals surface area contributed by atoms with Gasteiger partial charge in [-0.3, -0.25) is 0 Å². The largest absolute Gasteiger partial charge is 0.0853 e. The molecular formula is C13H24. The van der Waals surface area contributed by atoms with Gasteiger partial charge in [-0.15, -0.1) is 0 Å². The van der Waals surface area contributed by atoms with Crippen LogP contribution < -0.4 is 0 Å². The van der Waals surface area contributed by atoms with E-state index in [-0.39, 0.29) is 0 Å². The van der Waals surface area contributed by atoms with E-state index in [1.165, 1.54) is 38.5 Å². The summed E-state index contributed by atoms with van der Waals surface area (Å²) in [5.41, 5.74) is 1.71. The van der Waals surface area contributed by atoms with Gasteiger partial charge in [0.1, 0.15) is 0 Å². The standard InChI is InChI=1S/C13H24/c1-4-13(5-2)11(3)7-6-8-12-9-10-12/h8,11,13H,4-7,9-10H2,1-3H3. The molecule has 1 aliphatic rings. The Bertz CT molecular complexity index is 157. The highest BCUT2D eigenvalue weighted by molar-refractivity contribution is 5.15. The molecule has 0 radical (unpaired) electrons. The zero-order valence-corrected chi connectivity index (χ0v) is 9.47. The van der Waals surface area contributed by atoms with Crippen LogP contribution in [0, 0.1) is 11.8 Å². The number of allylic oxidation sites excluding steroid dienone is 2. The summed E-state index contributed by atoms with van der Waals surface area (Å²) in [6.45, 7) is 7.07. The average Bonchev–Trinajstić information content (AvgIpc) is 2.90. The van der Waals surface area contributed by atoms with E-state index in [9.17, 15) is 0 Å². The Hall–Kier alpha value is -0.260. The summed E-state index contributed by atoms with van der Waals surface area (Å²) in [6, 6.07) is 0. The molecular weight excluding hydrogens is 156 g/mol. The van der Waals surface area contributed by atoms with Gasteiger partial charge in [0.05, 0.1) is 0 Å². The second-order valence-electron chi connectivity index (χ2n) is 4.49. The van der Waals surface area contributed by atoms with Crippen molar-refractivity contribution >= 4 is 0 Å². The van der Waals surface area contributed by atoms with Crippen molar-refractivity contribution in [1.29, 1.82) is 0 Å². The molecule has 0 aromatic rings. The van der Waals surface area contributed by atoms with Crippen molar-refractivity contribution < 1.29 is 0 Å². The maximum atomic E-state index is 2.47. The SMILES string of the molecule is CCC(CC)C(C)CCC=C1CC1. The van der Waals surface area contributed by atoms with E-state index >= 15 is 0 Å². The van der Waals surface area contributed by atoms with E-state index < -0.39 is 0 Å². The first kappa shape index (κ1) is 10.8. The highest BCUT2D eigenvalue weighted by Crippen LogP contribution is 2.30. The molecule has 0 aromatic carbocycles. The normalized spacial score (nSPS) is 17.7. The van der Waals surface area contributed by atoms with Crippen LogP contribution in [0.15, 0.2) is 11.6 Å². The van der Waals surface area contributed by atoms with Crippen molar-refractivity contribution in [2.75, 3.05) is 0 Å². The van der Waals surface area contributed by atoms with Crippen LogP contribution in [-0.2, 0) is 0 Å². The summed E-state index contributed by atoms with van der Waals surface area (Å²) < 4.78 is 0. The van der Waals surface area contributed by atoms with E-state index in [0.29, 0.717) is 0 Å². The molecule has 0 N–H and O–H groups in total. The lowest BCUT2D eigenvalue weighted by molar-refractivity contribution is 0.320. The third kappa shape index (κ3) is 3.97. The Balaban J connectivity index is 2.14. The van der Waals surface area contributed by atoms with Gasteiger partial charge in [0.25, 0.3) is 0 Å². The topological polar surface area (TPSA) is 0 Å². The fourth-order valence-corrected chi connectivity index (χ4v) is 2.16. The van der Waals surface area contributed by atoms with Crippen molar-refractivity contribution in [3.05, 3.63) is 11.6 Å². The third-order valence-electron chi connectivity index (χ3n) is 3.45. The second-order valence-corrected chi connectivity index (χ2v) is 4.49. The Kier molecular flexibility index (Phi) is 4.55. The van der Waals surface area contributed by atoms with E-state index in [1.54, 1.807) is 5.57 Å². The van der Waals surface area contributed by atoms with Crippen LogP contribution in [0.4, 0.5) is 0 Å². The number of rotatable bonds is 6. The van der Waals surface area contributed by atoms with Gasteiger partial charge in [-0.05, 0) is 37.5 Å². The van der Waals surface area contributed by atoms with Gasteiger partial charge in [0.15, 0.2) is 0 Å². The lowest BCUT2D eigenvalue weighted by atomic mass is 9.86. The summed E-state index contributed by atoms with van der Waals surface area (Å²) in [7, 11) is 0. The zero-order valence-electron chi connectivity index (χ0n) is 9.47. The molecule has 13 heavy (non-hydrogen) atoms. The Morgan fingerprint density at radius 2 is 1.85 bits per heavy atom. The van der Waals surface area contributed by atoms with Crippen LogP contribution in [0.5, 0.6) is 0 Å². The minimum atomic E-state index is 0.922. The molecule has 0 heterocycles. The van der Waals surface area contributed by atoms with E-state index in [1.807, 2.05) is 0 Å². The quantitative estimate of drug-likeness (QED) is 0.526. The van der Waals surface area contributed by atoms with Gasteiger partial charge in [0, 0.05) is 0 Å². The third-order valence-corrected chi connectivity index (χ3v) is 3.45. The van der Waals surface area contributed by atoms with Crippen LogP contribution in [0.25, 0.3) is 0 Å². The molecule has 1 unspecified atom stereocenters. The van der Waals surface area contributed by atoms with Gasteiger partial charge in [-0.2, -0.15) is 0 Å². The van der Waals surface area contributed by atoms with Crippen LogP contribution >= 0.6 is 0 Å². The van der Waals surface area contributed by atoms with Gasteiger partial charge in [-0.1, -0.05) is 45.3 Å². The highest BCUT2D eigenvalue weighted by atomic mass is 14.2. The molecule has 76 valence electrons. The summed E-state index contributed by atoms with van der Waals surface area (Å²) in [6.07, 6.45) is 10.7. The minimum absolute atomic E-state index is 0.922. The Morgan fingerprint density at radius 3 is 2.31 bits per heavy atom. The van der Waals surface area contributed by atoms with Gasteiger partial charge >= 0.3 is 0 Å². The molecule has 1 rings (SSSR count). The van der Waals surface area contributed by atoms with Crippen molar-refractivity contribution in [2.24, 2.45) is 11.8 Å². The smallest absolute Gasteiger partial charge is 0.0283 e. The van der Waals surface area contributed by atoms with Crippen molar-refractivity contribution in [3.63, 3.8) is 0 Å². The summed E-state index contributed by atoms with van der Waals surface area (Å²) in [5.74, 6) is 1.88. The highest BCUT2D eigenvalue weighted by Gasteiger charge is 2.13. The lowest BCUT2D eigenvalue weighted by Gasteiger charge is -2.20. The van der Waals surface area contributed by atoms with Crippen molar-refractivity contribution in [2.45, 2.75) is 59.3 Å². The van der Waals surface area contributed by atoms with Crippen LogP contribution in [0.1, 0.15) is 59.3 Å².